The normalized spacial score (nSPS) is 14.7. The fraction of sp³-hybridized carbons (Fsp3) is 0.556. The van der Waals surface area contributed by atoms with Crippen LogP contribution in [0.4, 0.5) is 0 Å². The van der Waals surface area contributed by atoms with Crippen LogP contribution >= 0.6 is 0 Å². The molecule has 0 amide bonds. The highest BCUT2D eigenvalue weighted by Crippen LogP contribution is 2.14. The van der Waals surface area contributed by atoms with Crippen LogP contribution in [0.3, 0.4) is 0 Å². The zero-order valence-corrected chi connectivity index (χ0v) is 14.9. The maximum absolute atomic E-state index is 4.59. The van der Waals surface area contributed by atoms with E-state index in [4.69, 9.17) is 0 Å². The minimum absolute atomic E-state index is 0.566. The Hall–Kier alpha value is -2.44. The first-order valence-electron chi connectivity index (χ1n) is 9.20. The van der Waals surface area contributed by atoms with Crippen molar-refractivity contribution >= 4 is 5.96 Å². The molecule has 2 N–H and O–H groups in total. The number of aryl methyl sites for hydroxylation is 1. The molecule has 3 heterocycles. The predicted octanol–water partition coefficient (Wildman–Crippen LogP) is 1.70. The quantitative estimate of drug-likeness (QED) is 0.617. The van der Waals surface area contributed by atoms with Gasteiger partial charge in [-0.15, -0.1) is 10.2 Å². The average molecular weight is 341 g/mol. The highest BCUT2D eigenvalue weighted by molar-refractivity contribution is 5.79. The van der Waals surface area contributed by atoms with Gasteiger partial charge in [-0.05, 0) is 31.9 Å². The van der Waals surface area contributed by atoms with Gasteiger partial charge in [0.1, 0.15) is 11.6 Å². The van der Waals surface area contributed by atoms with Gasteiger partial charge in [0.25, 0.3) is 0 Å². The summed E-state index contributed by atoms with van der Waals surface area (Å²) in [5, 5.41) is 15.4. The van der Waals surface area contributed by atoms with E-state index in [-0.39, 0.29) is 0 Å². The molecule has 134 valence electrons. The van der Waals surface area contributed by atoms with Gasteiger partial charge in [-0.3, -0.25) is 4.98 Å². The van der Waals surface area contributed by atoms with Gasteiger partial charge in [0.15, 0.2) is 5.96 Å². The monoisotopic (exact) mass is 341 g/mol. The largest absolute Gasteiger partial charge is 0.357 e. The molecule has 1 aliphatic heterocycles. The lowest BCUT2D eigenvalue weighted by Gasteiger charge is -2.12. The molecule has 0 radical (unpaired) electrons. The molecule has 7 heteroatoms. The number of hydrogen-bond donors (Lipinski definition) is 2. The number of nitrogens with one attached hydrogen (secondary N) is 2. The van der Waals surface area contributed by atoms with E-state index >= 15 is 0 Å². The molecule has 0 unspecified atom stereocenters. The predicted molar refractivity (Wildman–Crippen MR) is 98.3 cm³/mol. The van der Waals surface area contributed by atoms with Gasteiger partial charge < -0.3 is 15.2 Å². The molecule has 2 aromatic heterocycles. The van der Waals surface area contributed by atoms with E-state index in [9.17, 15) is 0 Å². The van der Waals surface area contributed by atoms with Gasteiger partial charge in [0.2, 0.25) is 0 Å². The number of aliphatic imine (C=N–C) groups is 1. The summed E-state index contributed by atoms with van der Waals surface area (Å²) >= 11 is 0. The Balaban J connectivity index is 1.54. The van der Waals surface area contributed by atoms with Crippen LogP contribution in [0.15, 0.2) is 29.4 Å². The SMILES string of the molecule is CCNC(=NCc1ccccn1)NCCc1nnc2n1CCCCC2. The summed E-state index contributed by atoms with van der Waals surface area (Å²) in [6, 6.07) is 5.88. The first-order valence-corrected chi connectivity index (χ1v) is 9.20. The van der Waals surface area contributed by atoms with Gasteiger partial charge >= 0.3 is 0 Å². The molecule has 3 rings (SSSR count). The highest BCUT2D eigenvalue weighted by atomic mass is 15.3. The molecule has 2 aromatic rings. The molecule has 0 atom stereocenters. The molecule has 0 bridgehead atoms. The van der Waals surface area contributed by atoms with Crippen LogP contribution < -0.4 is 10.6 Å². The van der Waals surface area contributed by atoms with E-state index in [0.29, 0.717) is 6.54 Å². The van der Waals surface area contributed by atoms with Crippen LogP contribution in [0.1, 0.15) is 43.5 Å². The van der Waals surface area contributed by atoms with Crippen LogP contribution in [-0.4, -0.2) is 38.8 Å². The third-order valence-electron chi connectivity index (χ3n) is 4.30. The van der Waals surface area contributed by atoms with Gasteiger partial charge in [-0.2, -0.15) is 0 Å². The van der Waals surface area contributed by atoms with Gasteiger partial charge in [-0.25, -0.2) is 4.99 Å². The lowest BCUT2D eigenvalue weighted by molar-refractivity contribution is 0.600. The second kappa shape index (κ2) is 9.15. The Labute approximate surface area is 149 Å². The van der Waals surface area contributed by atoms with E-state index in [2.05, 4.69) is 42.3 Å². The van der Waals surface area contributed by atoms with E-state index in [0.717, 1.165) is 55.8 Å². The second-order valence-corrected chi connectivity index (χ2v) is 6.19. The Morgan fingerprint density at radius 3 is 3.00 bits per heavy atom. The van der Waals surface area contributed by atoms with Crippen molar-refractivity contribution in [1.82, 2.24) is 30.4 Å². The summed E-state index contributed by atoms with van der Waals surface area (Å²) in [6.07, 6.45) is 7.42. The lowest BCUT2D eigenvalue weighted by Crippen LogP contribution is -2.38. The van der Waals surface area contributed by atoms with Crippen LogP contribution in [0.25, 0.3) is 0 Å². The van der Waals surface area contributed by atoms with Crippen LogP contribution in [0.5, 0.6) is 0 Å². The highest BCUT2D eigenvalue weighted by Gasteiger charge is 2.14. The van der Waals surface area contributed by atoms with E-state index in [1.165, 1.54) is 19.3 Å². The number of rotatable bonds is 6. The smallest absolute Gasteiger partial charge is 0.191 e. The molecule has 1 aliphatic rings. The summed E-state index contributed by atoms with van der Waals surface area (Å²) in [6.45, 7) is 5.29. The molecule has 0 spiro atoms. The molecule has 7 nitrogen and oxygen atoms in total. The number of pyridine rings is 1. The molecule has 25 heavy (non-hydrogen) atoms. The molecule has 0 saturated heterocycles. The molecular weight excluding hydrogens is 314 g/mol. The second-order valence-electron chi connectivity index (χ2n) is 6.19. The first kappa shape index (κ1) is 17.4. The summed E-state index contributed by atoms with van der Waals surface area (Å²) in [5.74, 6) is 3.02. The zero-order chi connectivity index (χ0) is 17.3. The van der Waals surface area contributed by atoms with Gasteiger partial charge in [-0.1, -0.05) is 12.5 Å². The van der Waals surface area contributed by atoms with Crippen molar-refractivity contribution in [2.45, 2.75) is 52.1 Å². The van der Waals surface area contributed by atoms with Gasteiger partial charge in [0.05, 0.1) is 12.2 Å². The number of nitrogens with zero attached hydrogens (tertiary/aromatic N) is 5. The third kappa shape index (κ3) is 5.01. The summed E-state index contributed by atoms with van der Waals surface area (Å²) in [7, 11) is 0. The Kier molecular flexibility index (Phi) is 6.36. The minimum Gasteiger partial charge on any atom is -0.357 e. The van der Waals surface area contributed by atoms with Crippen molar-refractivity contribution in [3.63, 3.8) is 0 Å². The third-order valence-corrected chi connectivity index (χ3v) is 4.30. The Morgan fingerprint density at radius 2 is 2.16 bits per heavy atom. The maximum atomic E-state index is 4.59. The van der Waals surface area contributed by atoms with E-state index in [1.54, 1.807) is 6.20 Å². The number of guanidine groups is 1. The Morgan fingerprint density at radius 1 is 1.20 bits per heavy atom. The molecular formula is C18H27N7. The molecule has 0 aromatic carbocycles. The fourth-order valence-corrected chi connectivity index (χ4v) is 3.02. The minimum atomic E-state index is 0.566. The van der Waals surface area contributed by atoms with Crippen LogP contribution in [0, 0.1) is 0 Å². The summed E-state index contributed by atoms with van der Waals surface area (Å²) < 4.78 is 2.30. The number of fused-ring (bicyclic) bond motifs is 1. The first-order chi connectivity index (χ1) is 12.4. The summed E-state index contributed by atoms with van der Waals surface area (Å²) in [4.78, 5) is 8.90. The maximum Gasteiger partial charge on any atom is 0.191 e. The average Bonchev–Trinajstić information content (AvgIpc) is 2.87. The molecule has 0 aliphatic carbocycles. The lowest BCUT2D eigenvalue weighted by atomic mass is 10.2. The van der Waals surface area contributed by atoms with Gasteiger partial charge in [0, 0.05) is 38.7 Å². The standard InChI is InChI=1S/C18H27N7/c1-2-19-18(22-14-15-8-5-6-11-20-15)21-12-10-17-24-23-16-9-4-3-7-13-25(16)17/h5-6,8,11H,2-4,7,9-10,12-14H2,1H3,(H2,19,21,22). The van der Waals surface area contributed by atoms with Crippen molar-refractivity contribution in [3.8, 4) is 0 Å². The van der Waals surface area contributed by atoms with E-state index < -0.39 is 0 Å². The van der Waals surface area contributed by atoms with Crippen LogP contribution in [0.2, 0.25) is 0 Å². The van der Waals surface area contributed by atoms with E-state index in [1.807, 2.05) is 18.2 Å². The zero-order valence-electron chi connectivity index (χ0n) is 14.9. The Bertz CT molecular complexity index is 678. The molecule has 0 saturated carbocycles. The van der Waals surface area contributed by atoms with Crippen molar-refractivity contribution < 1.29 is 0 Å². The summed E-state index contributed by atoms with van der Waals surface area (Å²) in [5.41, 5.74) is 0.961. The van der Waals surface area contributed by atoms with Crippen LogP contribution in [-0.2, 0) is 25.9 Å². The van der Waals surface area contributed by atoms with Crippen molar-refractivity contribution in [2.24, 2.45) is 4.99 Å². The van der Waals surface area contributed by atoms with Crippen molar-refractivity contribution in [3.05, 3.63) is 41.7 Å². The topological polar surface area (TPSA) is 80.0 Å². The van der Waals surface area contributed by atoms with Crippen molar-refractivity contribution in [2.75, 3.05) is 13.1 Å². The number of hydrogen-bond acceptors (Lipinski definition) is 4. The number of aromatic nitrogens is 4. The van der Waals surface area contributed by atoms with Crippen molar-refractivity contribution in [1.29, 1.82) is 0 Å². The fourth-order valence-electron chi connectivity index (χ4n) is 3.02. The molecule has 0 fully saturated rings.